The number of pyridine rings is 2. The summed E-state index contributed by atoms with van der Waals surface area (Å²) >= 11 is 0. The summed E-state index contributed by atoms with van der Waals surface area (Å²) in [5.41, 5.74) is 5.85. The number of amides is 1. The summed E-state index contributed by atoms with van der Waals surface area (Å²) in [4.78, 5) is 25.2. The van der Waals surface area contributed by atoms with Crippen LogP contribution < -0.4 is 4.90 Å². The first-order chi connectivity index (χ1) is 17.8. The van der Waals surface area contributed by atoms with Crippen molar-refractivity contribution in [1.29, 1.82) is 0 Å². The highest BCUT2D eigenvalue weighted by molar-refractivity contribution is 7.93. The zero-order valence-electron chi connectivity index (χ0n) is 21.1. The minimum atomic E-state index is -3.61. The van der Waals surface area contributed by atoms with Crippen LogP contribution in [-0.2, 0) is 14.8 Å². The van der Waals surface area contributed by atoms with E-state index in [0.717, 1.165) is 52.3 Å². The van der Waals surface area contributed by atoms with Crippen molar-refractivity contribution in [1.82, 2.24) is 19.2 Å². The van der Waals surface area contributed by atoms with Gasteiger partial charge in [-0.15, -0.1) is 0 Å². The first-order valence-electron chi connectivity index (χ1n) is 12.1. The summed E-state index contributed by atoms with van der Waals surface area (Å²) in [6.07, 6.45) is 8.47. The van der Waals surface area contributed by atoms with Gasteiger partial charge in [-0.3, -0.25) is 14.8 Å². The van der Waals surface area contributed by atoms with E-state index in [1.54, 1.807) is 24.7 Å². The van der Waals surface area contributed by atoms with Crippen LogP contribution in [0.5, 0.6) is 0 Å². The van der Waals surface area contributed by atoms with Crippen LogP contribution in [0.3, 0.4) is 0 Å². The minimum absolute atomic E-state index is 0.155. The molecule has 0 N–H and O–H groups in total. The Morgan fingerprint density at radius 3 is 2.38 bits per heavy atom. The Kier molecular flexibility index (Phi) is 6.66. The molecule has 37 heavy (non-hydrogen) atoms. The van der Waals surface area contributed by atoms with Crippen molar-refractivity contribution < 1.29 is 13.2 Å². The SMILES string of the molecule is CN1CC(S(=O)(=O)N(C)C)=CC(c2cncc(-c3ccc(N4CCCC4=O)cc3)c2)=C1c1ccccn1. The van der Waals surface area contributed by atoms with Gasteiger partial charge in [0.2, 0.25) is 15.9 Å². The third kappa shape index (κ3) is 4.80. The van der Waals surface area contributed by atoms with Crippen LogP contribution in [0.2, 0.25) is 0 Å². The van der Waals surface area contributed by atoms with Gasteiger partial charge in [-0.2, -0.15) is 0 Å². The molecule has 0 atom stereocenters. The average Bonchev–Trinajstić information content (AvgIpc) is 3.34. The molecule has 8 nitrogen and oxygen atoms in total. The summed E-state index contributed by atoms with van der Waals surface area (Å²) in [6.45, 7) is 0.984. The fourth-order valence-electron chi connectivity index (χ4n) is 4.74. The van der Waals surface area contributed by atoms with Crippen LogP contribution in [-0.4, -0.2) is 67.7 Å². The van der Waals surface area contributed by atoms with Gasteiger partial charge in [-0.1, -0.05) is 18.2 Å². The lowest BCUT2D eigenvalue weighted by molar-refractivity contribution is -0.117. The normalized spacial score (nSPS) is 16.5. The molecule has 0 spiro atoms. The second-order valence-electron chi connectivity index (χ2n) is 9.39. The Labute approximate surface area is 217 Å². The lowest BCUT2D eigenvalue weighted by Gasteiger charge is -2.31. The third-order valence-electron chi connectivity index (χ3n) is 6.69. The van der Waals surface area contributed by atoms with Crippen molar-refractivity contribution >= 4 is 32.9 Å². The molecule has 1 amide bonds. The van der Waals surface area contributed by atoms with Crippen LogP contribution in [0, 0.1) is 0 Å². The summed E-state index contributed by atoms with van der Waals surface area (Å²) in [7, 11) is 1.33. The molecular formula is C28H29N5O3S. The van der Waals surface area contributed by atoms with Crippen molar-refractivity contribution in [2.75, 3.05) is 39.1 Å². The number of nitrogens with zero attached hydrogens (tertiary/aromatic N) is 5. The van der Waals surface area contributed by atoms with Crippen LogP contribution in [0.4, 0.5) is 5.69 Å². The molecule has 9 heteroatoms. The molecule has 4 heterocycles. The number of aromatic nitrogens is 2. The van der Waals surface area contributed by atoms with E-state index in [9.17, 15) is 13.2 Å². The summed E-state index contributed by atoms with van der Waals surface area (Å²) in [6, 6.07) is 15.6. The van der Waals surface area contributed by atoms with Crippen LogP contribution in [0.25, 0.3) is 22.4 Å². The van der Waals surface area contributed by atoms with Crippen LogP contribution >= 0.6 is 0 Å². The zero-order valence-corrected chi connectivity index (χ0v) is 21.9. The van der Waals surface area contributed by atoms with E-state index in [4.69, 9.17) is 0 Å². The molecule has 0 saturated carbocycles. The zero-order chi connectivity index (χ0) is 26.2. The number of hydrogen-bond acceptors (Lipinski definition) is 6. The Balaban J connectivity index is 1.60. The van der Waals surface area contributed by atoms with Gasteiger partial charge in [0.15, 0.2) is 0 Å². The number of carbonyl (C=O) groups is 1. The minimum Gasteiger partial charge on any atom is -0.367 e. The van der Waals surface area contributed by atoms with E-state index in [1.165, 1.54) is 18.4 Å². The van der Waals surface area contributed by atoms with Gasteiger partial charge in [0.05, 0.1) is 22.8 Å². The quantitative estimate of drug-likeness (QED) is 0.496. The van der Waals surface area contributed by atoms with Crippen molar-refractivity contribution in [2.24, 2.45) is 0 Å². The highest BCUT2D eigenvalue weighted by Crippen LogP contribution is 2.36. The van der Waals surface area contributed by atoms with Gasteiger partial charge in [-0.25, -0.2) is 12.7 Å². The first kappa shape index (κ1) is 24.9. The summed E-state index contributed by atoms with van der Waals surface area (Å²) in [5, 5.41) is 0. The second kappa shape index (κ2) is 9.91. The molecule has 3 aromatic rings. The molecule has 1 saturated heterocycles. The molecular weight excluding hydrogens is 486 g/mol. The predicted molar refractivity (Wildman–Crippen MR) is 146 cm³/mol. The van der Waals surface area contributed by atoms with Gasteiger partial charge in [0.1, 0.15) is 0 Å². The highest BCUT2D eigenvalue weighted by Gasteiger charge is 2.29. The molecule has 2 aliphatic rings. The number of anilines is 1. The van der Waals surface area contributed by atoms with Gasteiger partial charge >= 0.3 is 0 Å². The van der Waals surface area contributed by atoms with Crippen LogP contribution in [0.1, 0.15) is 24.1 Å². The number of benzene rings is 1. The largest absolute Gasteiger partial charge is 0.367 e. The molecule has 5 rings (SSSR count). The smallest absolute Gasteiger partial charge is 0.240 e. The number of rotatable bonds is 6. The molecule has 2 aromatic heterocycles. The maximum Gasteiger partial charge on any atom is 0.240 e. The third-order valence-corrected chi connectivity index (χ3v) is 8.56. The second-order valence-corrected chi connectivity index (χ2v) is 11.6. The summed E-state index contributed by atoms with van der Waals surface area (Å²) in [5.74, 6) is 0.155. The molecule has 1 fully saturated rings. The topological polar surface area (TPSA) is 86.7 Å². The fraction of sp³-hybridized carbons (Fsp3) is 0.250. The lowest BCUT2D eigenvalue weighted by atomic mass is 9.96. The maximum atomic E-state index is 13.1. The fourth-order valence-corrected chi connectivity index (χ4v) is 5.83. The molecule has 190 valence electrons. The Morgan fingerprint density at radius 2 is 1.73 bits per heavy atom. The molecule has 0 aliphatic carbocycles. The molecule has 1 aromatic carbocycles. The number of carbonyl (C=O) groups excluding carboxylic acids is 1. The predicted octanol–water partition coefficient (Wildman–Crippen LogP) is 3.86. The Morgan fingerprint density at radius 1 is 0.973 bits per heavy atom. The van der Waals surface area contributed by atoms with Crippen molar-refractivity contribution in [3.8, 4) is 11.1 Å². The number of likely N-dealkylation sites (N-methyl/N-ethyl adjacent to an activating group) is 1. The molecule has 0 radical (unpaired) electrons. The Bertz CT molecular complexity index is 1500. The maximum absolute atomic E-state index is 13.1. The number of allylic oxidation sites excluding steroid dienone is 2. The highest BCUT2D eigenvalue weighted by atomic mass is 32.2. The van der Waals surface area contributed by atoms with E-state index in [2.05, 4.69) is 9.97 Å². The van der Waals surface area contributed by atoms with Crippen molar-refractivity contribution in [3.63, 3.8) is 0 Å². The number of hydrogen-bond donors (Lipinski definition) is 0. The standard InChI is InChI=1S/C28H29N5O3S/c1-31(2)37(35,36)24-16-25(28(32(3)19-24)26-7-4-5-13-30-26)22-15-21(17-29-18-22)20-9-11-23(12-10-20)33-14-6-8-27(33)34/h4-5,7,9-13,15-18H,6,8,14,19H2,1-3H3. The van der Waals surface area contributed by atoms with E-state index in [0.29, 0.717) is 11.3 Å². The van der Waals surface area contributed by atoms with E-state index < -0.39 is 10.0 Å². The Hall–Kier alpha value is -3.82. The van der Waals surface area contributed by atoms with E-state index in [-0.39, 0.29) is 12.5 Å². The van der Waals surface area contributed by atoms with Crippen LogP contribution in [0.15, 0.2) is 78.1 Å². The molecule has 0 bridgehead atoms. The van der Waals surface area contributed by atoms with Gasteiger partial charge in [0.25, 0.3) is 0 Å². The van der Waals surface area contributed by atoms with Crippen molar-refractivity contribution in [2.45, 2.75) is 12.8 Å². The molecule has 0 unspecified atom stereocenters. The average molecular weight is 516 g/mol. The lowest BCUT2D eigenvalue weighted by Crippen LogP contribution is -2.32. The first-order valence-corrected chi connectivity index (χ1v) is 13.6. The van der Waals surface area contributed by atoms with E-state index in [1.807, 2.05) is 65.4 Å². The van der Waals surface area contributed by atoms with Gasteiger partial charge in [0, 0.05) is 75.1 Å². The van der Waals surface area contributed by atoms with Gasteiger partial charge in [-0.05, 0) is 48.4 Å². The van der Waals surface area contributed by atoms with Gasteiger partial charge < -0.3 is 9.80 Å². The molecule has 2 aliphatic heterocycles. The monoisotopic (exact) mass is 515 g/mol. The number of sulfonamides is 1. The van der Waals surface area contributed by atoms with Crippen molar-refractivity contribution in [3.05, 3.63) is 89.4 Å². The van der Waals surface area contributed by atoms with E-state index >= 15 is 0 Å². The summed E-state index contributed by atoms with van der Waals surface area (Å²) < 4.78 is 27.3.